The minimum Gasteiger partial charge on any atom is -0.392 e. The molecule has 1 heterocycles. The number of hydrogen-bond acceptors (Lipinski definition) is 3. The van der Waals surface area contributed by atoms with Crippen LogP contribution in [0.4, 0.5) is 0 Å². The largest absolute Gasteiger partial charge is 0.392 e. The second kappa shape index (κ2) is 4.43. The first-order chi connectivity index (χ1) is 6.75. The predicted molar refractivity (Wildman–Crippen MR) is 59.4 cm³/mol. The second-order valence-electron chi connectivity index (χ2n) is 4.14. The summed E-state index contributed by atoms with van der Waals surface area (Å²) in [6, 6.07) is 2.90. The third-order valence-corrected chi connectivity index (χ3v) is 3.26. The lowest BCUT2D eigenvalue weighted by Gasteiger charge is -2.22. The molecule has 1 fully saturated rings. The summed E-state index contributed by atoms with van der Waals surface area (Å²) in [6.07, 6.45) is 2.39. The average Bonchev–Trinajstić information content (AvgIpc) is 2.85. The lowest BCUT2D eigenvalue weighted by molar-refractivity contribution is 0.117. The fourth-order valence-corrected chi connectivity index (χ4v) is 2.40. The molecule has 0 unspecified atom stereocenters. The van der Waals surface area contributed by atoms with Gasteiger partial charge in [-0.05, 0) is 42.2 Å². The summed E-state index contributed by atoms with van der Waals surface area (Å²) in [6.45, 7) is 3.67. The van der Waals surface area contributed by atoms with E-state index in [4.69, 9.17) is 0 Å². The van der Waals surface area contributed by atoms with Gasteiger partial charge in [0.05, 0.1) is 6.10 Å². The maximum atomic E-state index is 9.39. The van der Waals surface area contributed by atoms with Gasteiger partial charge in [-0.1, -0.05) is 0 Å². The first kappa shape index (κ1) is 10.1. The van der Waals surface area contributed by atoms with Gasteiger partial charge in [0.1, 0.15) is 0 Å². The number of thiophene rings is 1. The van der Waals surface area contributed by atoms with Crippen molar-refractivity contribution in [3.63, 3.8) is 0 Å². The monoisotopic (exact) mass is 211 g/mol. The average molecular weight is 211 g/mol. The fraction of sp³-hybridized carbons (Fsp3) is 0.636. The maximum absolute atomic E-state index is 9.39. The van der Waals surface area contributed by atoms with Gasteiger partial charge in [-0.2, -0.15) is 11.3 Å². The van der Waals surface area contributed by atoms with Gasteiger partial charge < -0.3 is 5.11 Å². The Kier molecular flexibility index (Phi) is 3.21. The van der Waals surface area contributed by atoms with Crippen molar-refractivity contribution in [2.45, 2.75) is 38.5 Å². The van der Waals surface area contributed by atoms with Gasteiger partial charge in [-0.25, -0.2) is 0 Å². The van der Waals surface area contributed by atoms with Crippen LogP contribution in [0.1, 0.15) is 25.3 Å². The van der Waals surface area contributed by atoms with Crippen molar-refractivity contribution in [1.29, 1.82) is 0 Å². The summed E-state index contributed by atoms with van der Waals surface area (Å²) >= 11 is 1.74. The maximum Gasteiger partial charge on any atom is 0.0639 e. The molecule has 0 aromatic carbocycles. The second-order valence-corrected chi connectivity index (χ2v) is 4.92. The minimum absolute atomic E-state index is 0.214. The van der Waals surface area contributed by atoms with Crippen LogP contribution in [-0.4, -0.2) is 28.7 Å². The molecule has 14 heavy (non-hydrogen) atoms. The van der Waals surface area contributed by atoms with E-state index in [9.17, 15) is 5.11 Å². The molecule has 0 radical (unpaired) electrons. The third kappa shape index (κ3) is 2.80. The highest BCUT2D eigenvalue weighted by atomic mass is 32.1. The van der Waals surface area contributed by atoms with E-state index in [2.05, 4.69) is 21.7 Å². The van der Waals surface area contributed by atoms with Crippen LogP contribution < -0.4 is 0 Å². The van der Waals surface area contributed by atoms with E-state index >= 15 is 0 Å². The standard InChI is InChI=1S/C11H17NOS/c1-9(13)6-12(11-2-3-11)7-10-4-5-14-8-10/h4-5,8-9,11,13H,2-3,6-7H2,1H3/t9-/m0/s1. The molecule has 0 amide bonds. The number of hydrogen-bond donors (Lipinski definition) is 1. The molecule has 1 N–H and O–H groups in total. The molecule has 1 atom stereocenters. The number of aliphatic hydroxyl groups excluding tert-OH is 1. The molecule has 2 rings (SSSR count). The molecular formula is C11H17NOS. The van der Waals surface area contributed by atoms with Crippen molar-refractivity contribution in [2.75, 3.05) is 6.54 Å². The van der Waals surface area contributed by atoms with Gasteiger partial charge >= 0.3 is 0 Å². The highest BCUT2D eigenvalue weighted by Crippen LogP contribution is 2.28. The predicted octanol–water partition coefficient (Wildman–Crippen LogP) is 2.09. The van der Waals surface area contributed by atoms with E-state index < -0.39 is 0 Å². The van der Waals surface area contributed by atoms with Gasteiger partial charge in [0, 0.05) is 19.1 Å². The van der Waals surface area contributed by atoms with Gasteiger partial charge in [-0.15, -0.1) is 0 Å². The van der Waals surface area contributed by atoms with Crippen LogP contribution >= 0.6 is 11.3 Å². The summed E-state index contributed by atoms with van der Waals surface area (Å²) < 4.78 is 0. The summed E-state index contributed by atoms with van der Waals surface area (Å²) in [7, 11) is 0. The van der Waals surface area contributed by atoms with Crippen LogP contribution in [0.3, 0.4) is 0 Å². The SMILES string of the molecule is C[C@H](O)CN(Cc1ccsc1)C1CC1. The van der Waals surface area contributed by atoms with Crippen LogP contribution in [0.5, 0.6) is 0 Å². The lowest BCUT2D eigenvalue weighted by Crippen LogP contribution is -2.32. The molecular weight excluding hydrogens is 194 g/mol. The zero-order valence-corrected chi connectivity index (χ0v) is 9.33. The van der Waals surface area contributed by atoms with Gasteiger partial charge in [0.25, 0.3) is 0 Å². The smallest absolute Gasteiger partial charge is 0.0639 e. The van der Waals surface area contributed by atoms with Crippen LogP contribution in [-0.2, 0) is 6.54 Å². The highest BCUT2D eigenvalue weighted by Gasteiger charge is 2.29. The molecule has 1 aromatic rings. The fourth-order valence-electron chi connectivity index (χ4n) is 1.74. The summed E-state index contributed by atoms with van der Waals surface area (Å²) in [5, 5.41) is 13.7. The number of nitrogens with zero attached hydrogens (tertiary/aromatic N) is 1. The van der Waals surface area contributed by atoms with E-state index in [0.717, 1.165) is 19.1 Å². The van der Waals surface area contributed by atoms with Crippen molar-refractivity contribution < 1.29 is 5.11 Å². The Morgan fingerprint density at radius 1 is 1.64 bits per heavy atom. The Morgan fingerprint density at radius 2 is 2.43 bits per heavy atom. The normalized spacial score (nSPS) is 18.8. The van der Waals surface area contributed by atoms with Crippen molar-refractivity contribution in [1.82, 2.24) is 4.90 Å². The van der Waals surface area contributed by atoms with E-state index in [0.29, 0.717) is 0 Å². The Hall–Kier alpha value is -0.380. The van der Waals surface area contributed by atoms with E-state index in [1.807, 2.05) is 6.92 Å². The molecule has 2 nitrogen and oxygen atoms in total. The molecule has 0 spiro atoms. The quantitative estimate of drug-likeness (QED) is 0.806. The zero-order chi connectivity index (χ0) is 9.97. The van der Waals surface area contributed by atoms with Gasteiger partial charge in [0.15, 0.2) is 0 Å². The Bertz CT molecular complexity index is 267. The van der Waals surface area contributed by atoms with Gasteiger partial charge in [-0.3, -0.25) is 4.90 Å². The summed E-state index contributed by atoms with van der Waals surface area (Å²) in [5.41, 5.74) is 1.38. The molecule has 1 aliphatic carbocycles. The van der Waals surface area contributed by atoms with Crippen molar-refractivity contribution >= 4 is 11.3 Å². The first-order valence-electron chi connectivity index (χ1n) is 5.19. The molecule has 78 valence electrons. The Labute approximate surface area is 89.2 Å². The van der Waals surface area contributed by atoms with Crippen LogP contribution in [0.2, 0.25) is 0 Å². The van der Waals surface area contributed by atoms with E-state index in [-0.39, 0.29) is 6.10 Å². The highest BCUT2D eigenvalue weighted by molar-refractivity contribution is 7.07. The molecule has 1 aliphatic rings. The Balaban J connectivity index is 1.90. The van der Waals surface area contributed by atoms with Gasteiger partial charge in [0.2, 0.25) is 0 Å². The molecule has 0 aliphatic heterocycles. The number of rotatable bonds is 5. The zero-order valence-electron chi connectivity index (χ0n) is 8.52. The lowest BCUT2D eigenvalue weighted by atomic mass is 10.2. The van der Waals surface area contributed by atoms with Crippen molar-refractivity contribution in [3.05, 3.63) is 22.4 Å². The van der Waals surface area contributed by atoms with Crippen LogP contribution in [0.25, 0.3) is 0 Å². The topological polar surface area (TPSA) is 23.5 Å². The van der Waals surface area contributed by atoms with Crippen LogP contribution in [0.15, 0.2) is 16.8 Å². The summed E-state index contributed by atoms with van der Waals surface area (Å²) in [4.78, 5) is 2.40. The van der Waals surface area contributed by atoms with E-state index in [1.165, 1.54) is 18.4 Å². The number of aliphatic hydroxyl groups is 1. The molecule has 0 bridgehead atoms. The molecule has 1 aromatic heterocycles. The molecule has 3 heteroatoms. The third-order valence-electron chi connectivity index (χ3n) is 2.53. The van der Waals surface area contributed by atoms with Crippen molar-refractivity contribution in [2.24, 2.45) is 0 Å². The Morgan fingerprint density at radius 3 is 2.93 bits per heavy atom. The molecule has 1 saturated carbocycles. The van der Waals surface area contributed by atoms with Crippen LogP contribution in [0, 0.1) is 0 Å². The summed E-state index contributed by atoms with van der Waals surface area (Å²) in [5.74, 6) is 0. The first-order valence-corrected chi connectivity index (χ1v) is 6.13. The van der Waals surface area contributed by atoms with Crippen molar-refractivity contribution in [3.8, 4) is 0 Å². The molecule has 0 saturated heterocycles. The minimum atomic E-state index is -0.214. The van der Waals surface area contributed by atoms with E-state index in [1.54, 1.807) is 11.3 Å².